The summed E-state index contributed by atoms with van der Waals surface area (Å²) >= 11 is 1.74. The second-order valence-electron chi connectivity index (χ2n) is 4.28. The number of thiophene rings is 1. The number of nitrogens with zero attached hydrogens (tertiary/aromatic N) is 1. The molecule has 0 saturated heterocycles. The topological polar surface area (TPSA) is 12.9 Å². The molecular formula is C11H13NS. The molecule has 0 saturated carbocycles. The summed E-state index contributed by atoms with van der Waals surface area (Å²) in [5.41, 5.74) is 1.31. The molecule has 2 heteroatoms. The van der Waals surface area contributed by atoms with Crippen LogP contribution in [0.1, 0.15) is 26.5 Å². The SMILES string of the molecule is CC(C)(C)c1cc2ccsc2cn1. The van der Waals surface area contributed by atoms with E-state index in [0.29, 0.717) is 0 Å². The van der Waals surface area contributed by atoms with E-state index in [4.69, 9.17) is 0 Å². The molecule has 0 radical (unpaired) electrons. The average Bonchev–Trinajstić information content (AvgIpc) is 2.47. The number of fused-ring (bicyclic) bond motifs is 1. The molecule has 2 rings (SSSR count). The Morgan fingerprint density at radius 1 is 1.31 bits per heavy atom. The Kier molecular flexibility index (Phi) is 1.88. The van der Waals surface area contributed by atoms with E-state index in [0.717, 1.165) is 0 Å². The van der Waals surface area contributed by atoms with Gasteiger partial charge in [-0.1, -0.05) is 20.8 Å². The van der Waals surface area contributed by atoms with Crippen molar-refractivity contribution in [3.63, 3.8) is 0 Å². The summed E-state index contributed by atoms with van der Waals surface area (Å²) in [7, 11) is 0. The van der Waals surface area contributed by atoms with Gasteiger partial charge in [-0.3, -0.25) is 4.98 Å². The lowest BCUT2D eigenvalue weighted by atomic mass is 9.91. The van der Waals surface area contributed by atoms with Crippen LogP contribution in [0.3, 0.4) is 0 Å². The van der Waals surface area contributed by atoms with Crippen molar-refractivity contribution in [1.82, 2.24) is 4.98 Å². The second kappa shape index (κ2) is 2.81. The van der Waals surface area contributed by atoms with E-state index >= 15 is 0 Å². The Hall–Kier alpha value is -0.890. The molecule has 0 aliphatic heterocycles. The molecule has 0 bridgehead atoms. The van der Waals surface area contributed by atoms with E-state index in [9.17, 15) is 0 Å². The quantitative estimate of drug-likeness (QED) is 0.620. The third-order valence-corrected chi connectivity index (χ3v) is 2.98. The van der Waals surface area contributed by atoms with E-state index in [1.54, 1.807) is 11.3 Å². The minimum absolute atomic E-state index is 0.149. The molecule has 0 N–H and O–H groups in total. The third-order valence-electron chi connectivity index (χ3n) is 2.11. The number of rotatable bonds is 0. The van der Waals surface area contributed by atoms with Crippen LogP contribution in [0, 0.1) is 0 Å². The van der Waals surface area contributed by atoms with Gasteiger partial charge in [-0.25, -0.2) is 0 Å². The minimum atomic E-state index is 0.149. The van der Waals surface area contributed by atoms with Crippen LogP contribution < -0.4 is 0 Å². The highest BCUT2D eigenvalue weighted by molar-refractivity contribution is 7.17. The fraction of sp³-hybridized carbons (Fsp3) is 0.364. The standard InChI is InChI=1S/C11H13NS/c1-11(2,3)10-6-8-4-5-13-9(8)7-12-10/h4-7H,1-3H3. The minimum Gasteiger partial charge on any atom is -0.259 e. The molecule has 0 atom stereocenters. The third kappa shape index (κ3) is 1.59. The van der Waals surface area contributed by atoms with Gasteiger partial charge in [0.05, 0.1) is 4.70 Å². The molecule has 13 heavy (non-hydrogen) atoms. The molecule has 2 heterocycles. The van der Waals surface area contributed by atoms with Crippen molar-refractivity contribution in [2.45, 2.75) is 26.2 Å². The van der Waals surface area contributed by atoms with Crippen LogP contribution in [0.4, 0.5) is 0 Å². The fourth-order valence-corrected chi connectivity index (χ4v) is 2.02. The number of aromatic nitrogens is 1. The molecule has 2 aromatic rings. The summed E-state index contributed by atoms with van der Waals surface area (Å²) in [5, 5.41) is 3.42. The van der Waals surface area contributed by atoms with Crippen molar-refractivity contribution in [2.24, 2.45) is 0 Å². The number of pyridine rings is 1. The summed E-state index contributed by atoms with van der Waals surface area (Å²) in [5.74, 6) is 0. The highest BCUT2D eigenvalue weighted by Gasteiger charge is 2.15. The molecule has 2 aromatic heterocycles. The van der Waals surface area contributed by atoms with Crippen molar-refractivity contribution in [2.75, 3.05) is 0 Å². The maximum absolute atomic E-state index is 4.46. The van der Waals surface area contributed by atoms with E-state index < -0.39 is 0 Å². The van der Waals surface area contributed by atoms with Gasteiger partial charge in [0.25, 0.3) is 0 Å². The van der Waals surface area contributed by atoms with Gasteiger partial charge < -0.3 is 0 Å². The van der Waals surface area contributed by atoms with Crippen molar-refractivity contribution in [3.05, 3.63) is 29.4 Å². The van der Waals surface area contributed by atoms with Gasteiger partial charge in [-0.15, -0.1) is 11.3 Å². The highest BCUT2D eigenvalue weighted by atomic mass is 32.1. The predicted octanol–water partition coefficient (Wildman–Crippen LogP) is 3.59. The Morgan fingerprint density at radius 2 is 2.08 bits per heavy atom. The predicted molar refractivity (Wildman–Crippen MR) is 58.3 cm³/mol. The van der Waals surface area contributed by atoms with Gasteiger partial charge in [0.2, 0.25) is 0 Å². The van der Waals surface area contributed by atoms with E-state index in [1.165, 1.54) is 15.8 Å². The lowest BCUT2D eigenvalue weighted by Crippen LogP contribution is -2.12. The largest absolute Gasteiger partial charge is 0.259 e. The Labute approximate surface area is 82.4 Å². The van der Waals surface area contributed by atoms with Gasteiger partial charge in [-0.05, 0) is 22.9 Å². The monoisotopic (exact) mass is 191 g/mol. The van der Waals surface area contributed by atoms with Crippen LogP contribution in [0.25, 0.3) is 10.1 Å². The fourth-order valence-electron chi connectivity index (χ4n) is 1.28. The Bertz CT molecular complexity index is 423. The van der Waals surface area contributed by atoms with Crippen LogP contribution in [0.15, 0.2) is 23.7 Å². The zero-order valence-corrected chi connectivity index (χ0v) is 8.98. The summed E-state index contributed by atoms with van der Waals surface area (Å²) in [4.78, 5) is 4.46. The van der Waals surface area contributed by atoms with E-state index in [2.05, 4.69) is 43.3 Å². The summed E-state index contributed by atoms with van der Waals surface area (Å²) in [6.45, 7) is 6.56. The zero-order chi connectivity index (χ0) is 9.47. The lowest BCUT2D eigenvalue weighted by Gasteiger charge is -2.17. The Balaban J connectivity index is 2.61. The number of hydrogen-bond acceptors (Lipinski definition) is 2. The molecule has 0 fully saturated rings. The first kappa shape index (κ1) is 8.70. The van der Waals surface area contributed by atoms with Gasteiger partial charge in [0, 0.05) is 17.3 Å². The number of hydrogen-bond donors (Lipinski definition) is 0. The van der Waals surface area contributed by atoms with Gasteiger partial charge in [0.1, 0.15) is 0 Å². The van der Waals surface area contributed by atoms with Crippen molar-refractivity contribution in [1.29, 1.82) is 0 Å². The molecule has 1 nitrogen and oxygen atoms in total. The molecule has 0 spiro atoms. The molecule has 68 valence electrons. The van der Waals surface area contributed by atoms with Crippen molar-refractivity contribution < 1.29 is 0 Å². The normalized spacial score (nSPS) is 12.2. The van der Waals surface area contributed by atoms with Crippen LogP contribution in [-0.2, 0) is 5.41 Å². The van der Waals surface area contributed by atoms with Crippen LogP contribution in [-0.4, -0.2) is 4.98 Å². The maximum atomic E-state index is 4.46. The Morgan fingerprint density at radius 3 is 2.77 bits per heavy atom. The zero-order valence-electron chi connectivity index (χ0n) is 8.16. The van der Waals surface area contributed by atoms with Crippen LogP contribution in [0.5, 0.6) is 0 Å². The van der Waals surface area contributed by atoms with Crippen molar-refractivity contribution >= 4 is 21.4 Å². The first-order valence-electron chi connectivity index (χ1n) is 4.41. The van der Waals surface area contributed by atoms with Gasteiger partial charge in [0.15, 0.2) is 0 Å². The second-order valence-corrected chi connectivity index (χ2v) is 5.23. The first-order valence-corrected chi connectivity index (χ1v) is 5.29. The molecule has 0 amide bonds. The summed E-state index contributed by atoms with van der Waals surface area (Å²) in [6.07, 6.45) is 1.97. The van der Waals surface area contributed by atoms with E-state index in [-0.39, 0.29) is 5.41 Å². The van der Waals surface area contributed by atoms with Crippen LogP contribution >= 0.6 is 11.3 Å². The molecule has 0 aliphatic rings. The average molecular weight is 191 g/mol. The maximum Gasteiger partial charge on any atom is 0.0526 e. The molecule has 0 aromatic carbocycles. The molecular weight excluding hydrogens is 178 g/mol. The van der Waals surface area contributed by atoms with Gasteiger partial charge >= 0.3 is 0 Å². The summed E-state index contributed by atoms with van der Waals surface area (Å²) < 4.78 is 1.27. The van der Waals surface area contributed by atoms with E-state index in [1.807, 2.05) is 6.20 Å². The highest BCUT2D eigenvalue weighted by Crippen LogP contribution is 2.26. The smallest absolute Gasteiger partial charge is 0.0526 e. The molecule has 0 aliphatic carbocycles. The van der Waals surface area contributed by atoms with Gasteiger partial charge in [-0.2, -0.15) is 0 Å². The molecule has 0 unspecified atom stereocenters. The summed E-state index contributed by atoms with van der Waals surface area (Å²) in [6, 6.07) is 4.34. The van der Waals surface area contributed by atoms with Crippen molar-refractivity contribution in [3.8, 4) is 0 Å². The van der Waals surface area contributed by atoms with Crippen LogP contribution in [0.2, 0.25) is 0 Å². The lowest BCUT2D eigenvalue weighted by molar-refractivity contribution is 0.570. The first-order chi connectivity index (χ1) is 6.07.